The molecule has 0 aliphatic heterocycles. The maximum Gasteiger partial charge on any atom is 0.597 e. The lowest BCUT2D eigenvalue weighted by molar-refractivity contribution is 0.155. The van der Waals surface area contributed by atoms with E-state index in [1.165, 1.54) is 6.92 Å². The van der Waals surface area contributed by atoms with E-state index < -0.39 is 25.4 Å². The maximum atomic E-state index is 11.8. The van der Waals surface area contributed by atoms with Crippen molar-refractivity contribution in [2.24, 2.45) is 0 Å². The molecule has 3 rings (SSSR count). The van der Waals surface area contributed by atoms with Gasteiger partial charge >= 0.3 is 15.5 Å². The van der Waals surface area contributed by atoms with E-state index in [4.69, 9.17) is 48.8 Å². The van der Waals surface area contributed by atoms with Crippen molar-refractivity contribution in [3.8, 4) is 0 Å². The molecule has 6 nitrogen and oxygen atoms in total. The van der Waals surface area contributed by atoms with Crippen LogP contribution in [0, 0.1) is 0 Å². The number of halogens is 3. The fraction of sp³-hybridized carbons (Fsp3) is 0.200. The molecular formula is C15H14Cl3O6P2+. The predicted molar refractivity (Wildman–Crippen MR) is 104 cm³/mol. The van der Waals surface area contributed by atoms with E-state index in [1.807, 2.05) is 48.5 Å². The first-order chi connectivity index (χ1) is 12.0. The number of para-hydroxylation sites is 1. The molecule has 0 radical (unpaired) electrons. The number of hydrogen-bond donors (Lipinski definition) is 2. The van der Waals surface area contributed by atoms with Crippen molar-refractivity contribution >= 4 is 71.8 Å². The van der Waals surface area contributed by atoms with Crippen molar-refractivity contribution < 1.29 is 27.6 Å². The van der Waals surface area contributed by atoms with Crippen LogP contribution in [0.2, 0.25) is 0 Å². The molecule has 2 unspecified atom stereocenters. The highest BCUT2D eigenvalue weighted by atomic mass is 35.5. The molecule has 1 heterocycles. The first-order valence-electron chi connectivity index (χ1n) is 7.13. The van der Waals surface area contributed by atoms with Crippen LogP contribution in [0.5, 0.6) is 0 Å². The van der Waals surface area contributed by atoms with Gasteiger partial charge in [-0.25, -0.2) is 13.3 Å². The zero-order chi connectivity index (χ0) is 19.5. The standard InChI is InChI=1S/C12H8O2P.C3H6Cl3O4P/c13-15-12-8-4-2-6-10(12)9-5-1-3-7-11(9)14-15;1-2(4)3(5,6)10-11(7,8)9/h1-8H;2H,1H3,(H2,7,8,9)/q+1;. The van der Waals surface area contributed by atoms with Crippen molar-refractivity contribution in [2.75, 3.05) is 0 Å². The van der Waals surface area contributed by atoms with Gasteiger partial charge in [-0.15, -0.1) is 11.6 Å². The summed E-state index contributed by atoms with van der Waals surface area (Å²) in [7, 11) is -6.43. The summed E-state index contributed by atoms with van der Waals surface area (Å²) < 4.78 is 29.2. The summed E-state index contributed by atoms with van der Waals surface area (Å²) in [5, 5.41) is 1.88. The lowest BCUT2D eigenvalue weighted by Gasteiger charge is -2.22. The number of fused-ring (bicyclic) bond motifs is 3. The summed E-state index contributed by atoms with van der Waals surface area (Å²) in [4.78, 5) is 16.5. The van der Waals surface area contributed by atoms with Crippen LogP contribution < -0.4 is 0 Å². The molecule has 0 saturated carbocycles. The Morgan fingerprint density at radius 1 is 1.12 bits per heavy atom. The Bertz CT molecular complexity index is 1010. The minimum Gasteiger partial charge on any atom is -0.303 e. The van der Waals surface area contributed by atoms with Crippen LogP contribution in [0.1, 0.15) is 6.92 Å². The second kappa shape index (κ2) is 8.55. The number of phosphoric acid groups is 1. The third kappa shape index (κ3) is 5.66. The number of alkyl halides is 3. The summed E-state index contributed by atoms with van der Waals surface area (Å²) in [6.45, 7) is 1.34. The molecule has 0 amide bonds. The van der Waals surface area contributed by atoms with Crippen LogP contribution in [-0.2, 0) is 13.7 Å². The van der Waals surface area contributed by atoms with Gasteiger partial charge < -0.3 is 9.79 Å². The van der Waals surface area contributed by atoms with E-state index in [1.54, 1.807) is 0 Å². The summed E-state index contributed by atoms with van der Waals surface area (Å²) in [5.74, 6) is 0. The van der Waals surface area contributed by atoms with Crippen molar-refractivity contribution in [1.82, 2.24) is 0 Å². The van der Waals surface area contributed by atoms with Gasteiger partial charge in [-0.3, -0.25) is 0 Å². The maximum absolute atomic E-state index is 11.8. The molecule has 2 atom stereocenters. The molecule has 0 fully saturated rings. The smallest absolute Gasteiger partial charge is 0.303 e. The summed E-state index contributed by atoms with van der Waals surface area (Å²) in [6.07, 6.45) is 0. The highest BCUT2D eigenvalue weighted by molar-refractivity contribution is 7.46. The number of phosphoric ester groups is 1. The molecule has 26 heavy (non-hydrogen) atoms. The normalized spacial score (nSPS) is 14.0. The molecule has 2 aromatic carbocycles. The Balaban J connectivity index is 0.000000199. The van der Waals surface area contributed by atoms with Crippen LogP contribution in [0.15, 0.2) is 52.7 Å². The Morgan fingerprint density at radius 2 is 1.65 bits per heavy atom. The molecule has 3 aromatic rings. The molecule has 0 aliphatic rings. The van der Waals surface area contributed by atoms with Gasteiger partial charge in [0.1, 0.15) is 0 Å². The fourth-order valence-corrected chi connectivity index (χ4v) is 4.16. The summed E-state index contributed by atoms with van der Waals surface area (Å²) in [6, 6.07) is 15.3. The monoisotopic (exact) mass is 457 g/mol. The van der Waals surface area contributed by atoms with Gasteiger partial charge in [0.05, 0.1) is 5.38 Å². The van der Waals surface area contributed by atoms with E-state index in [0.29, 0.717) is 5.58 Å². The van der Waals surface area contributed by atoms with Gasteiger partial charge in [0.15, 0.2) is 5.58 Å². The second-order valence-corrected chi connectivity index (χ2v) is 9.43. The number of hydrogen-bond acceptors (Lipinski definition) is 4. The van der Waals surface area contributed by atoms with Gasteiger partial charge in [-0.2, -0.15) is 0 Å². The van der Waals surface area contributed by atoms with Crippen molar-refractivity contribution in [3.05, 3.63) is 48.5 Å². The van der Waals surface area contributed by atoms with Gasteiger partial charge in [-0.1, -0.05) is 53.5 Å². The molecular weight excluding hydrogens is 444 g/mol. The quantitative estimate of drug-likeness (QED) is 0.276. The van der Waals surface area contributed by atoms with Crippen LogP contribution in [0.25, 0.3) is 21.5 Å². The molecule has 1 aromatic heterocycles. The first-order valence-corrected chi connectivity index (χ1v) is 11.0. The van der Waals surface area contributed by atoms with E-state index in [9.17, 15) is 9.13 Å². The lowest BCUT2D eigenvalue weighted by atomic mass is 10.1. The van der Waals surface area contributed by atoms with Gasteiger partial charge in [0.25, 0.3) is 0 Å². The van der Waals surface area contributed by atoms with Crippen molar-refractivity contribution in [2.45, 2.75) is 16.8 Å². The molecule has 0 aliphatic carbocycles. The third-order valence-corrected chi connectivity index (χ3v) is 6.39. The van der Waals surface area contributed by atoms with E-state index in [0.717, 1.165) is 15.9 Å². The minimum atomic E-state index is -4.69. The predicted octanol–water partition coefficient (Wildman–Crippen LogP) is 6.18. The van der Waals surface area contributed by atoms with Crippen molar-refractivity contribution in [1.29, 1.82) is 0 Å². The SMILES string of the molecule is CC(Cl)C(Cl)(Cl)OP(=O)(O)O.O=[p+]1oc2ccccc2c2ccccc21. The Hall–Kier alpha value is -0.680. The van der Waals surface area contributed by atoms with Crippen LogP contribution in [0.4, 0.5) is 0 Å². The Labute approximate surface area is 164 Å². The Morgan fingerprint density at radius 3 is 2.19 bits per heavy atom. The zero-order valence-electron chi connectivity index (χ0n) is 13.3. The summed E-state index contributed by atoms with van der Waals surface area (Å²) in [5.41, 5.74) is 0.706. The number of benzene rings is 2. The van der Waals surface area contributed by atoms with Gasteiger partial charge in [0.2, 0.25) is 9.64 Å². The van der Waals surface area contributed by atoms with Crippen LogP contribution >= 0.6 is 50.3 Å². The largest absolute Gasteiger partial charge is 0.597 e. The van der Waals surface area contributed by atoms with Crippen LogP contribution in [0.3, 0.4) is 0 Å². The third-order valence-electron chi connectivity index (χ3n) is 3.16. The van der Waals surface area contributed by atoms with Crippen LogP contribution in [-0.4, -0.2) is 19.7 Å². The molecule has 11 heteroatoms. The second-order valence-electron chi connectivity index (χ2n) is 5.12. The van der Waals surface area contributed by atoms with Crippen molar-refractivity contribution in [3.63, 3.8) is 0 Å². The highest BCUT2D eigenvalue weighted by Crippen LogP contribution is 2.47. The summed E-state index contributed by atoms with van der Waals surface area (Å²) >= 11 is 15.9. The molecule has 0 bridgehead atoms. The number of rotatable bonds is 3. The van der Waals surface area contributed by atoms with E-state index in [2.05, 4.69) is 4.52 Å². The first kappa shape index (κ1) is 21.6. The molecule has 2 N–H and O–H groups in total. The Kier molecular flexibility index (Phi) is 7.11. The molecule has 0 spiro atoms. The van der Waals surface area contributed by atoms with Gasteiger partial charge in [0, 0.05) is 10.8 Å². The lowest BCUT2D eigenvalue weighted by Crippen LogP contribution is -2.26. The highest BCUT2D eigenvalue weighted by Gasteiger charge is 2.38. The van der Waals surface area contributed by atoms with Gasteiger partial charge in [-0.05, 0) is 29.7 Å². The minimum absolute atomic E-state index is 0.706. The molecule has 0 saturated heterocycles. The van der Waals surface area contributed by atoms with E-state index in [-0.39, 0.29) is 0 Å². The average Bonchev–Trinajstić information content (AvgIpc) is 2.53. The topological polar surface area (TPSA) is 97.0 Å². The average molecular weight is 459 g/mol. The van der Waals surface area contributed by atoms with E-state index >= 15 is 0 Å². The fourth-order valence-electron chi connectivity index (χ4n) is 2.00. The zero-order valence-corrected chi connectivity index (χ0v) is 17.3. The molecule has 140 valence electrons.